The first-order valence-electron chi connectivity index (χ1n) is 7.75. The fourth-order valence-electron chi connectivity index (χ4n) is 1.75. The van der Waals surface area contributed by atoms with Gasteiger partial charge in [0.2, 0.25) is 5.91 Å². The highest BCUT2D eigenvalue weighted by Crippen LogP contribution is 2.16. The maximum atomic E-state index is 11.8. The first-order chi connectivity index (χ1) is 11.3. The highest BCUT2D eigenvalue weighted by Gasteiger charge is 2.04. The molecule has 1 rings (SSSR count). The molecule has 0 saturated heterocycles. The van der Waals surface area contributed by atoms with Crippen LogP contribution in [0, 0.1) is 0 Å². The molecule has 0 radical (unpaired) electrons. The summed E-state index contributed by atoms with van der Waals surface area (Å²) < 4.78 is 36.9. The summed E-state index contributed by atoms with van der Waals surface area (Å²) >= 11 is 0. The van der Waals surface area contributed by atoms with Crippen LogP contribution in [0.4, 0.5) is 5.69 Å². The zero-order chi connectivity index (χ0) is 18.0. The van der Waals surface area contributed by atoms with Crippen LogP contribution in [-0.4, -0.2) is 46.5 Å². The van der Waals surface area contributed by atoms with E-state index in [-0.39, 0.29) is 25.2 Å². The van der Waals surface area contributed by atoms with Gasteiger partial charge in [-0.2, -0.15) is 8.42 Å². The second-order valence-electron chi connectivity index (χ2n) is 5.47. The van der Waals surface area contributed by atoms with Gasteiger partial charge in [0, 0.05) is 18.7 Å². The van der Waals surface area contributed by atoms with Gasteiger partial charge in [-0.3, -0.25) is 8.98 Å². The molecule has 0 bridgehead atoms. The SMILES string of the molecule is CC(C)OCCCC(=O)Nc1ccc(OCCOS(C)(=O)=O)cc1. The smallest absolute Gasteiger partial charge is 0.264 e. The van der Waals surface area contributed by atoms with E-state index >= 15 is 0 Å². The standard InChI is InChI=1S/C16H25NO6S/c1-13(2)21-10-4-5-16(18)17-14-6-8-15(9-7-14)22-11-12-23-24(3,19)20/h6-9,13H,4-5,10-12H2,1-3H3,(H,17,18). The molecular weight excluding hydrogens is 334 g/mol. The highest BCUT2D eigenvalue weighted by atomic mass is 32.2. The quantitative estimate of drug-likeness (QED) is 0.481. The summed E-state index contributed by atoms with van der Waals surface area (Å²) in [4.78, 5) is 11.8. The van der Waals surface area contributed by atoms with Gasteiger partial charge in [-0.25, -0.2) is 0 Å². The largest absolute Gasteiger partial charge is 0.491 e. The minimum absolute atomic E-state index is 0.0459. The van der Waals surface area contributed by atoms with Crippen molar-refractivity contribution < 1.29 is 26.9 Å². The van der Waals surface area contributed by atoms with Gasteiger partial charge in [0.25, 0.3) is 10.1 Å². The van der Waals surface area contributed by atoms with Gasteiger partial charge >= 0.3 is 0 Å². The van der Waals surface area contributed by atoms with Crippen LogP contribution in [0.1, 0.15) is 26.7 Å². The Balaban J connectivity index is 2.27. The van der Waals surface area contributed by atoms with Gasteiger partial charge in [-0.05, 0) is 44.5 Å². The Morgan fingerprint density at radius 1 is 1.12 bits per heavy atom. The van der Waals surface area contributed by atoms with Gasteiger partial charge in [0.05, 0.1) is 12.4 Å². The summed E-state index contributed by atoms with van der Waals surface area (Å²) in [6, 6.07) is 6.82. The Hall–Kier alpha value is -1.64. The number of hydrogen-bond donors (Lipinski definition) is 1. The number of amides is 1. The van der Waals surface area contributed by atoms with E-state index in [1.54, 1.807) is 24.3 Å². The molecule has 8 heteroatoms. The van der Waals surface area contributed by atoms with Gasteiger partial charge in [-0.1, -0.05) is 0 Å². The molecule has 1 aromatic rings. The van der Waals surface area contributed by atoms with Crippen molar-refractivity contribution in [3.8, 4) is 5.75 Å². The van der Waals surface area contributed by atoms with Crippen molar-refractivity contribution in [3.63, 3.8) is 0 Å². The average molecular weight is 359 g/mol. The van der Waals surface area contributed by atoms with Crippen molar-refractivity contribution in [2.24, 2.45) is 0 Å². The molecule has 7 nitrogen and oxygen atoms in total. The van der Waals surface area contributed by atoms with E-state index in [2.05, 4.69) is 9.50 Å². The number of carbonyl (C=O) groups excluding carboxylic acids is 1. The topological polar surface area (TPSA) is 90.9 Å². The number of ether oxygens (including phenoxy) is 2. The van der Waals surface area contributed by atoms with E-state index in [0.29, 0.717) is 30.9 Å². The number of rotatable bonds is 11. The molecule has 0 fully saturated rings. The first kappa shape index (κ1) is 20.4. The molecule has 0 spiro atoms. The lowest BCUT2D eigenvalue weighted by Gasteiger charge is -2.09. The van der Waals surface area contributed by atoms with Crippen LogP contribution < -0.4 is 10.1 Å². The summed E-state index contributed by atoms with van der Waals surface area (Å²) in [6.07, 6.45) is 2.22. The van der Waals surface area contributed by atoms with E-state index in [1.165, 1.54) is 0 Å². The molecule has 24 heavy (non-hydrogen) atoms. The third-order valence-electron chi connectivity index (χ3n) is 2.79. The maximum absolute atomic E-state index is 11.8. The van der Waals surface area contributed by atoms with Crippen LogP contribution in [0.3, 0.4) is 0 Å². The van der Waals surface area contributed by atoms with E-state index < -0.39 is 10.1 Å². The van der Waals surface area contributed by atoms with E-state index in [1.807, 2.05) is 13.8 Å². The monoisotopic (exact) mass is 359 g/mol. The molecular formula is C16H25NO6S. The zero-order valence-electron chi connectivity index (χ0n) is 14.3. The predicted molar refractivity (Wildman–Crippen MR) is 91.7 cm³/mol. The second-order valence-corrected chi connectivity index (χ2v) is 7.11. The Morgan fingerprint density at radius 2 is 1.79 bits per heavy atom. The fraction of sp³-hybridized carbons (Fsp3) is 0.562. The summed E-state index contributed by atoms with van der Waals surface area (Å²) in [5.41, 5.74) is 0.671. The molecule has 0 aliphatic rings. The van der Waals surface area contributed by atoms with Crippen LogP contribution in [-0.2, 0) is 23.8 Å². The molecule has 1 amide bonds. The Bertz CT molecular complexity index is 597. The van der Waals surface area contributed by atoms with E-state index in [9.17, 15) is 13.2 Å². The minimum atomic E-state index is -3.45. The van der Waals surface area contributed by atoms with Gasteiger partial charge in [0.1, 0.15) is 19.0 Å². The number of hydrogen-bond acceptors (Lipinski definition) is 6. The lowest BCUT2D eigenvalue weighted by Crippen LogP contribution is -2.13. The molecule has 0 heterocycles. The molecule has 136 valence electrons. The summed E-state index contributed by atoms with van der Waals surface area (Å²) in [7, 11) is -3.45. The third-order valence-corrected chi connectivity index (χ3v) is 3.38. The first-order valence-corrected chi connectivity index (χ1v) is 9.56. The van der Waals surface area contributed by atoms with Crippen LogP contribution >= 0.6 is 0 Å². The van der Waals surface area contributed by atoms with E-state index in [4.69, 9.17) is 9.47 Å². The number of carbonyl (C=O) groups is 1. The normalized spacial score (nSPS) is 11.5. The van der Waals surface area contributed by atoms with E-state index in [0.717, 1.165) is 6.26 Å². The lowest BCUT2D eigenvalue weighted by molar-refractivity contribution is -0.116. The van der Waals surface area contributed by atoms with Crippen LogP contribution in [0.15, 0.2) is 24.3 Å². The summed E-state index contributed by atoms with van der Waals surface area (Å²) in [5.74, 6) is 0.494. The van der Waals surface area contributed by atoms with Crippen molar-refractivity contribution >= 4 is 21.7 Å². The van der Waals surface area contributed by atoms with Gasteiger partial charge in [0.15, 0.2) is 0 Å². The average Bonchev–Trinajstić information content (AvgIpc) is 2.48. The Labute approximate surface area is 143 Å². The zero-order valence-corrected chi connectivity index (χ0v) is 15.1. The van der Waals surface area contributed by atoms with Crippen LogP contribution in [0.25, 0.3) is 0 Å². The molecule has 1 aromatic carbocycles. The number of nitrogens with one attached hydrogen (secondary N) is 1. The van der Waals surface area contributed by atoms with Crippen molar-refractivity contribution in [1.82, 2.24) is 0 Å². The second kappa shape index (κ2) is 10.3. The van der Waals surface area contributed by atoms with Crippen molar-refractivity contribution in [2.45, 2.75) is 32.8 Å². The molecule has 0 aromatic heterocycles. The number of anilines is 1. The van der Waals surface area contributed by atoms with Crippen molar-refractivity contribution in [2.75, 3.05) is 31.4 Å². The fourth-order valence-corrected chi connectivity index (χ4v) is 2.13. The molecule has 0 unspecified atom stereocenters. The maximum Gasteiger partial charge on any atom is 0.264 e. The minimum Gasteiger partial charge on any atom is -0.491 e. The Morgan fingerprint density at radius 3 is 2.38 bits per heavy atom. The van der Waals surface area contributed by atoms with Gasteiger partial charge < -0.3 is 14.8 Å². The molecule has 0 aliphatic carbocycles. The summed E-state index contributed by atoms with van der Waals surface area (Å²) in [5, 5.41) is 2.79. The Kier molecular flexibility index (Phi) is 8.73. The third kappa shape index (κ3) is 10.2. The summed E-state index contributed by atoms with van der Waals surface area (Å²) in [6.45, 7) is 4.55. The molecule has 0 atom stereocenters. The molecule has 1 N–H and O–H groups in total. The number of benzene rings is 1. The van der Waals surface area contributed by atoms with Crippen molar-refractivity contribution in [3.05, 3.63) is 24.3 Å². The molecule has 0 saturated carbocycles. The predicted octanol–water partition coefficient (Wildman–Crippen LogP) is 2.19. The highest BCUT2D eigenvalue weighted by molar-refractivity contribution is 7.85. The van der Waals surface area contributed by atoms with Crippen molar-refractivity contribution in [1.29, 1.82) is 0 Å². The van der Waals surface area contributed by atoms with Crippen LogP contribution in [0.5, 0.6) is 5.75 Å². The van der Waals surface area contributed by atoms with Gasteiger partial charge in [-0.15, -0.1) is 0 Å². The lowest BCUT2D eigenvalue weighted by atomic mass is 10.2. The van der Waals surface area contributed by atoms with Crippen LogP contribution in [0.2, 0.25) is 0 Å². The molecule has 0 aliphatic heterocycles.